The molecule has 0 saturated carbocycles. The standard InChI is InChI=1S/C23H18ClN5O2S/c24-18-3-5-19(6-4-18)29-22(17-9-11-26-12-10-17)27-28-23(29)32-15-20(30)14-31-21-7-1-16(13-25)2-8-21/h1-12,20,30H,14-15H2/t20-/m1/s1. The Kier molecular flexibility index (Phi) is 7.02. The first kappa shape index (κ1) is 21.8. The average molecular weight is 464 g/mol. The molecular weight excluding hydrogens is 446 g/mol. The van der Waals surface area contributed by atoms with E-state index in [9.17, 15) is 5.11 Å². The molecule has 0 spiro atoms. The molecule has 0 amide bonds. The number of nitriles is 1. The molecule has 9 heteroatoms. The van der Waals surface area contributed by atoms with Crippen LogP contribution in [0.4, 0.5) is 0 Å². The number of nitrogens with zero attached hydrogens (tertiary/aromatic N) is 5. The van der Waals surface area contributed by atoms with Gasteiger partial charge in [0.2, 0.25) is 0 Å². The maximum absolute atomic E-state index is 10.4. The zero-order valence-electron chi connectivity index (χ0n) is 16.8. The van der Waals surface area contributed by atoms with E-state index in [1.165, 1.54) is 11.8 Å². The fourth-order valence-corrected chi connectivity index (χ4v) is 3.89. The highest BCUT2D eigenvalue weighted by Gasteiger charge is 2.18. The molecule has 0 aliphatic carbocycles. The number of pyridine rings is 1. The Labute approximate surface area is 194 Å². The minimum Gasteiger partial charge on any atom is -0.491 e. The summed E-state index contributed by atoms with van der Waals surface area (Å²) in [5.74, 6) is 1.62. The van der Waals surface area contributed by atoms with Gasteiger partial charge in [-0.15, -0.1) is 10.2 Å². The Morgan fingerprint density at radius 1 is 1.03 bits per heavy atom. The lowest BCUT2D eigenvalue weighted by Crippen LogP contribution is -2.20. The Morgan fingerprint density at radius 3 is 2.44 bits per heavy atom. The summed E-state index contributed by atoms with van der Waals surface area (Å²) < 4.78 is 7.54. The maximum Gasteiger partial charge on any atom is 0.196 e. The van der Waals surface area contributed by atoms with Crippen LogP contribution in [0.15, 0.2) is 78.2 Å². The van der Waals surface area contributed by atoms with Gasteiger partial charge >= 0.3 is 0 Å². The molecule has 1 N–H and O–H groups in total. The largest absolute Gasteiger partial charge is 0.491 e. The van der Waals surface area contributed by atoms with E-state index in [0.717, 1.165) is 11.3 Å². The van der Waals surface area contributed by atoms with E-state index in [4.69, 9.17) is 21.6 Å². The molecule has 0 fully saturated rings. The quantitative estimate of drug-likeness (QED) is 0.387. The molecule has 2 aromatic carbocycles. The van der Waals surface area contributed by atoms with E-state index in [1.54, 1.807) is 36.7 Å². The van der Waals surface area contributed by atoms with Gasteiger partial charge in [-0.25, -0.2) is 0 Å². The summed E-state index contributed by atoms with van der Waals surface area (Å²) in [5, 5.41) is 29.3. The molecule has 1 atom stereocenters. The van der Waals surface area contributed by atoms with Crippen molar-refractivity contribution in [3.63, 3.8) is 0 Å². The minimum absolute atomic E-state index is 0.116. The Hall–Kier alpha value is -3.38. The van der Waals surface area contributed by atoms with E-state index >= 15 is 0 Å². The molecule has 2 heterocycles. The molecule has 4 aromatic rings. The van der Waals surface area contributed by atoms with Crippen LogP contribution in [0.3, 0.4) is 0 Å². The van der Waals surface area contributed by atoms with Gasteiger partial charge in [-0.2, -0.15) is 5.26 Å². The van der Waals surface area contributed by atoms with Crippen LogP contribution < -0.4 is 4.74 Å². The monoisotopic (exact) mass is 463 g/mol. The zero-order valence-corrected chi connectivity index (χ0v) is 18.4. The minimum atomic E-state index is -0.726. The highest BCUT2D eigenvalue weighted by atomic mass is 35.5. The van der Waals surface area contributed by atoms with Crippen LogP contribution >= 0.6 is 23.4 Å². The van der Waals surface area contributed by atoms with Crippen molar-refractivity contribution in [2.75, 3.05) is 12.4 Å². The van der Waals surface area contributed by atoms with E-state index in [1.807, 2.05) is 41.0 Å². The highest BCUT2D eigenvalue weighted by Crippen LogP contribution is 2.28. The van der Waals surface area contributed by atoms with Crippen molar-refractivity contribution in [2.24, 2.45) is 0 Å². The highest BCUT2D eigenvalue weighted by molar-refractivity contribution is 7.99. The fraction of sp³-hybridized carbons (Fsp3) is 0.130. The van der Waals surface area contributed by atoms with Crippen molar-refractivity contribution >= 4 is 23.4 Å². The molecule has 0 unspecified atom stereocenters. The number of thioether (sulfide) groups is 1. The molecular formula is C23H18ClN5O2S. The van der Waals surface area contributed by atoms with Gasteiger partial charge < -0.3 is 9.84 Å². The molecule has 0 aliphatic heterocycles. The number of aliphatic hydroxyl groups excluding tert-OH is 1. The van der Waals surface area contributed by atoms with Crippen molar-refractivity contribution in [3.05, 3.63) is 83.6 Å². The molecule has 0 bridgehead atoms. The van der Waals surface area contributed by atoms with E-state index in [0.29, 0.717) is 33.1 Å². The summed E-state index contributed by atoms with van der Waals surface area (Å²) in [6, 6.07) is 19.9. The summed E-state index contributed by atoms with van der Waals surface area (Å²) in [6.07, 6.45) is 2.68. The normalized spacial score (nSPS) is 11.7. The van der Waals surface area contributed by atoms with Crippen LogP contribution in [0.5, 0.6) is 5.75 Å². The summed E-state index contributed by atoms with van der Waals surface area (Å²) in [7, 11) is 0. The Balaban J connectivity index is 1.48. The SMILES string of the molecule is N#Cc1ccc(OC[C@@H](O)CSc2nnc(-c3ccncc3)n2-c2ccc(Cl)cc2)cc1. The van der Waals surface area contributed by atoms with Gasteiger partial charge in [0.15, 0.2) is 11.0 Å². The van der Waals surface area contributed by atoms with Gasteiger partial charge in [0.25, 0.3) is 0 Å². The van der Waals surface area contributed by atoms with Crippen LogP contribution in [0, 0.1) is 11.3 Å². The van der Waals surface area contributed by atoms with Gasteiger partial charge in [0.1, 0.15) is 12.4 Å². The number of rotatable bonds is 8. The zero-order chi connectivity index (χ0) is 22.3. The number of aromatic nitrogens is 4. The first-order valence-electron chi connectivity index (χ1n) is 9.69. The number of ether oxygens (including phenoxy) is 1. The lowest BCUT2D eigenvalue weighted by Gasteiger charge is -2.13. The third-order valence-electron chi connectivity index (χ3n) is 4.49. The second kappa shape index (κ2) is 10.3. The number of benzene rings is 2. The van der Waals surface area contributed by atoms with Gasteiger partial charge in [0, 0.05) is 34.4 Å². The Bertz CT molecular complexity index is 1210. The van der Waals surface area contributed by atoms with Crippen molar-refractivity contribution in [1.82, 2.24) is 19.7 Å². The van der Waals surface area contributed by atoms with Gasteiger partial charge in [-0.05, 0) is 60.7 Å². The third-order valence-corrected chi connectivity index (χ3v) is 5.81. The maximum atomic E-state index is 10.4. The molecule has 0 saturated heterocycles. The molecule has 160 valence electrons. The second-order valence-electron chi connectivity index (χ2n) is 6.77. The van der Waals surface area contributed by atoms with Gasteiger partial charge in [0.05, 0.1) is 17.7 Å². The molecule has 0 radical (unpaired) electrons. The predicted molar refractivity (Wildman–Crippen MR) is 123 cm³/mol. The van der Waals surface area contributed by atoms with Crippen LogP contribution in [0.1, 0.15) is 5.56 Å². The van der Waals surface area contributed by atoms with E-state index < -0.39 is 6.10 Å². The van der Waals surface area contributed by atoms with Gasteiger partial charge in [-0.1, -0.05) is 23.4 Å². The molecule has 4 rings (SSSR count). The van der Waals surface area contributed by atoms with Crippen molar-refractivity contribution in [1.29, 1.82) is 5.26 Å². The van der Waals surface area contributed by atoms with Crippen LogP contribution in [0.2, 0.25) is 5.02 Å². The fourth-order valence-electron chi connectivity index (χ4n) is 2.91. The summed E-state index contributed by atoms with van der Waals surface area (Å²) in [5.41, 5.74) is 2.29. The number of aliphatic hydroxyl groups is 1. The molecule has 32 heavy (non-hydrogen) atoms. The molecule has 7 nitrogen and oxygen atoms in total. The van der Waals surface area contributed by atoms with Crippen LogP contribution in [0.25, 0.3) is 17.1 Å². The van der Waals surface area contributed by atoms with E-state index in [-0.39, 0.29) is 6.61 Å². The van der Waals surface area contributed by atoms with Crippen LogP contribution in [-0.2, 0) is 0 Å². The summed E-state index contributed by atoms with van der Waals surface area (Å²) >= 11 is 7.44. The van der Waals surface area contributed by atoms with Crippen molar-refractivity contribution in [2.45, 2.75) is 11.3 Å². The topological polar surface area (TPSA) is 96.8 Å². The molecule has 2 aromatic heterocycles. The second-order valence-corrected chi connectivity index (χ2v) is 8.19. The number of halogens is 1. The van der Waals surface area contributed by atoms with Crippen molar-refractivity contribution < 1.29 is 9.84 Å². The number of hydrogen-bond acceptors (Lipinski definition) is 7. The average Bonchev–Trinajstić information content (AvgIpc) is 3.27. The lowest BCUT2D eigenvalue weighted by atomic mass is 10.2. The molecule has 0 aliphatic rings. The third kappa shape index (κ3) is 5.26. The Morgan fingerprint density at radius 2 is 1.75 bits per heavy atom. The predicted octanol–water partition coefficient (Wildman–Crippen LogP) is 4.39. The first-order valence-corrected chi connectivity index (χ1v) is 11.1. The lowest BCUT2D eigenvalue weighted by molar-refractivity contribution is 0.126. The van der Waals surface area contributed by atoms with Crippen molar-refractivity contribution in [3.8, 4) is 28.9 Å². The van der Waals surface area contributed by atoms with Crippen LogP contribution in [-0.4, -0.2) is 43.3 Å². The van der Waals surface area contributed by atoms with E-state index in [2.05, 4.69) is 21.3 Å². The van der Waals surface area contributed by atoms with Gasteiger partial charge in [-0.3, -0.25) is 9.55 Å². The smallest absolute Gasteiger partial charge is 0.196 e. The number of hydrogen-bond donors (Lipinski definition) is 1. The summed E-state index contributed by atoms with van der Waals surface area (Å²) in [4.78, 5) is 4.06. The summed E-state index contributed by atoms with van der Waals surface area (Å²) in [6.45, 7) is 0.116. The first-order chi connectivity index (χ1) is 15.6.